The molecule has 0 unspecified atom stereocenters. The van der Waals surface area contributed by atoms with Crippen LogP contribution in [-0.4, -0.2) is 21.7 Å². The molecule has 1 aliphatic rings. The molecule has 0 fully saturated rings. The van der Waals surface area contributed by atoms with Crippen molar-refractivity contribution in [2.75, 3.05) is 11.4 Å². The highest BCUT2D eigenvalue weighted by Gasteiger charge is 2.22. The summed E-state index contributed by atoms with van der Waals surface area (Å²) in [6.45, 7) is 1.73. The fourth-order valence-corrected chi connectivity index (χ4v) is 3.18. The number of anilines is 1. The fraction of sp³-hybridized carbons (Fsp3) is 0.250. The van der Waals surface area contributed by atoms with Crippen LogP contribution < -0.4 is 4.90 Å². The minimum absolute atomic E-state index is 0.808. The van der Waals surface area contributed by atoms with Gasteiger partial charge >= 0.3 is 0 Å². The van der Waals surface area contributed by atoms with Gasteiger partial charge in [0, 0.05) is 25.1 Å². The number of hydrogen-bond acceptors (Lipinski definition) is 6. The number of aromatic nitrogens is 3. The third kappa shape index (κ3) is 1.42. The molecule has 0 bridgehead atoms. The number of nitrogens with zero attached hydrogens (tertiary/aromatic N) is 4. The van der Waals surface area contributed by atoms with Gasteiger partial charge in [-0.25, -0.2) is 9.97 Å². The second-order valence-corrected chi connectivity index (χ2v) is 5.21. The Balaban J connectivity index is 1.78. The Bertz CT molecular complexity index is 705. The van der Waals surface area contributed by atoms with E-state index in [0.717, 1.165) is 46.8 Å². The zero-order valence-electron chi connectivity index (χ0n) is 9.54. The summed E-state index contributed by atoms with van der Waals surface area (Å²) in [4.78, 5) is 11.0. The summed E-state index contributed by atoms with van der Waals surface area (Å²) in [6, 6.07) is 2.03. The van der Waals surface area contributed by atoms with Gasteiger partial charge in [0.25, 0.3) is 0 Å². The molecule has 4 heterocycles. The van der Waals surface area contributed by atoms with E-state index in [9.17, 15) is 0 Å². The first kappa shape index (κ1) is 10.0. The number of fused-ring (bicyclic) bond motifs is 2. The van der Waals surface area contributed by atoms with Crippen LogP contribution in [0, 0.1) is 0 Å². The lowest BCUT2D eigenvalue weighted by Crippen LogP contribution is -2.30. The molecule has 0 aromatic carbocycles. The van der Waals surface area contributed by atoms with Crippen molar-refractivity contribution in [2.45, 2.75) is 13.0 Å². The van der Waals surface area contributed by atoms with Crippen LogP contribution in [0.2, 0.25) is 0 Å². The summed E-state index contributed by atoms with van der Waals surface area (Å²) >= 11 is 1.69. The molecule has 90 valence electrons. The topological polar surface area (TPSA) is 55.1 Å². The van der Waals surface area contributed by atoms with Crippen molar-refractivity contribution in [3.63, 3.8) is 0 Å². The van der Waals surface area contributed by atoms with Crippen molar-refractivity contribution in [1.29, 1.82) is 0 Å². The molecule has 5 nitrogen and oxygen atoms in total. The van der Waals surface area contributed by atoms with Gasteiger partial charge in [-0.3, -0.25) is 0 Å². The fourth-order valence-electron chi connectivity index (χ4n) is 2.32. The van der Waals surface area contributed by atoms with Crippen LogP contribution >= 0.6 is 11.3 Å². The number of hydrogen-bond donors (Lipinski definition) is 0. The van der Waals surface area contributed by atoms with Crippen LogP contribution in [0.1, 0.15) is 11.3 Å². The lowest BCUT2D eigenvalue weighted by atomic mass is 10.1. The predicted octanol–water partition coefficient (Wildman–Crippen LogP) is 2.24. The Hall–Kier alpha value is -1.95. The minimum Gasteiger partial charge on any atom is -0.364 e. The highest BCUT2D eigenvalue weighted by Crippen LogP contribution is 2.30. The third-order valence-electron chi connectivity index (χ3n) is 3.23. The first-order valence-electron chi connectivity index (χ1n) is 5.77. The van der Waals surface area contributed by atoms with Gasteiger partial charge in [0.15, 0.2) is 0 Å². The van der Waals surface area contributed by atoms with Crippen LogP contribution in [0.25, 0.3) is 10.2 Å². The molecule has 0 amide bonds. The van der Waals surface area contributed by atoms with E-state index in [1.807, 2.05) is 6.07 Å². The molecule has 0 saturated carbocycles. The maximum absolute atomic E-state index is 5.02. The average Bonchev–Trinajstić information content (AvgIpc) is 3.05. The quantitative estimate of drug-likeness (QED) is 0.670. The van der Waals surface area contributed by atoms with Crippen molar-refractivity contribution < 1.29 is 4.52 Å². The Kier molecular flexibility index (Phi) is 2.10. The van der Waals surface area contributed by atoms with Crippen molar-refractivity contribution in [1.82, 2.24) is 15.1 Å². The number of rotatable bonds is 1. The molecule has 18 heavy (non-hydrogen) atoms. The minimum atomic E-state index is 0.808. The van der Waals surface area contributed by atoms with Gasteiger partial charge in [0.1, 0.15) is 18.4 Å². The molecule has 4 rings (SSSR count). The van der Waals surface area contributed by atoms with Gasteiger partial charge < -0.3 is 9.42 Å². The van der Waals surface area contributed by atoms with Crippen LogP contribution in [-0.2, 0) is 13.0 Å². The van der Waals surface area contributed by atoms with E-state index in [0.29, 0.717) is 0 Å². The van der Waals surface area contributed by atoms with Gasteiger partial charge in [-0.1, -0.05) is 5.16 Å². The third-order valence-corrected chi connectivity index (χ3v) is 4.13. The molecule has 3 aromatic rings. The van der Waals surface area contributed by atoms with E-state index < -0.39 is 0 Å². The summed E-state index contributed by atoms with van der Waals surface area (Å²) in [6.07, 6.45) is 4.27. The molecule has 3 aromatic heterocycles. The zero-order valence-corrected chi connectivity index (χ0v) is 10.4. The van der Waals surface area contributed by atoms with Crippen molar-refractivity contribution in [3.05, 3.63) is 35.3 Å². The van der Waals surface area contributed by atoms with Gasteiger partial charge in [-0.2, -0.15) is 0 Å². The van der Waals surface area contributed by atoms with E-state index in [1.54, 1.807) is 23.9 Å². The second kappa shape index (κ2) is 3.78. The maximum atomic E-state index is 5.02. The Morgan fingerprint density at radius 3 is 3.33 bits per heavy atom. The van der Waals surface area contributed by atoms with E-state index in [-0.39, 0.29) is 0 Å². The number of thiophene rings is 1. The van der Waals surface area contributed by atoms with E-state index in [4.69, 9.17) is 4.52 Å². The van der Waals surface area contributed by atoms with Crippen molar-refractivity contribution >= 4 is 27.4 Å². The monoisotopic (exact) mass is 258 g/mol. The standard InChI is InChI=1S/C12H10N4OS/c1-3-16(5-8-6-17-15-9(1)8)12-11-10(2-4-18-11)13-7-14-12/h2,4,6-7H,1,3,5H2. The van der Waals surface area contributed by atoms with Gasteiger partial charge in [0.05, 0.1) is 15.9 Å². The summed E-state index contributed by atoms with van der Waals surface area (Å²) in [7, 11) is 0. The Morgan fingerprint density at radius 1 is 1.33 bits per heavy atom. The molecule has 0 N–H and O–H groups in total. The van der Waals surface area contributed by atoms with E-state index in [1.165, 1.54) is 0 Å². The normalized spacial score (nSPS) is 15.0. The molecule has 0 aliphatic carbocycles. The molecule has 6 heteroatoms. The highest BCUT2D eigenvalue weighted by molar-refractivity contribution is 7.17. The molecule has 1 aliphatic heterocycles. The highest BCUT2D eigenvalue weighted by atomic mass is 32.1. The average molecular weight is 258 g/mol. The summed E-state index contributed by atoms with van der Waals surface area (Å²) in [5.74, 6) is 1.02. The van der Waals surface area contributed by atoms with E-state index in [2.05, 4.69) is 25.4 Å². The second-order valence-electron chi connectivity index (χ2n) is 4.29. The molecule has 0 spiro atoms. The maximum Gasteiger partial charge on any atom is 0.150 e. The molecular formula is C12H10N4OS. The van der Waals surface area contributed by atoms with Crippen LogP contribution in [0.3, 0.4) is 0 Å². The molecular weight excluding hydrogens is 248 g/mol. The van der Waals surface area contributed by atoms with Crippen LogP contribution in [0.15, 0.2) is 28.6 Å². The van der Waals surface area contributed by atoms with E-state index >= 15 is 0 Å². The van der Waals surface area contributed by atoms with Gasteiger partial charge in [-0.15, -0.1) is 11.3 Å². The van der Waals surface area contributed by atoms with Crippen LogP contribution in [0.4, 0.5) is 5.82 Å². The lowest BCUT2D eigenvalue weighted by molar-refractivity contribution is 0.412. The lowest BCUT2D eigenvalue weighted by Gasteiger charge is -2.26. The molecule has 0 atom stereocenters. The first-order valence-corrected chi connectivity index (χ1v) is 6.65. The summed E-state index contributed by atoms with van der Waals surface area (Å²) in [5.41, 5.74) is 3.24. The molecule has 0 radical (unpaired) electrons. The first-order chi connectivity index (χ1) is 8.92. The Labute approximate surface area is 107 Å². The smallest absolute Gasteiger partial charge is 0.150 e. The van der Waals surface area contributed by atoms with Crippen LogP contribution in [0.5, 0.6) is 0 Å². The molecule has 0 saturated heterocycles. The van der Waals surface area contributed by atoms with Gasteiger partial charge in [-0.05, 0) is 11.4 Å². The largest absolute Gasteiger partial charge is 0.364 e. The predicted molar refractivity (Wildman–Crippen MR) is 68.7 cm³/mol. The zero-order chi connectivity index (χ0) is 11.9. The van der Waals surface area contributed by atoms with Crippen molar-refractivity contribution in [3.8, 4) is 0 Å². The van der Waals surface area contributed by atoms with Gasteiger partial charge in [0.2, 0.25) is 0 Å². The summed E-state index contributed by atoms with van der Waals surface area (Å²) in [5, 5.41) is 6.06. The Morgan fingerprint density at radius 2 is 2.33 bits per heavy atom. The van der Waals surface area contributed by atoms with Crippen molar-refractivity contribution in [2.24, 2.45) is 0 Å². The SMILES string of the molecule is c1nc(N2CCc3nocc3C2)c2sccc2n1. The summed E-state index contributed by atoms with van der Waals surface area (Å²) < 4.78 is 6.17.